The molecule has 4 rings (SSSR count). The summed E-state index contributed by atoms with van der Waals surface area (Å²) < 4.78 is 11.6. The molecule has 0 unspecified atom stereocenters. The van der Waals surface area contributed by atoms with Crippen molar-refractivity contribution in [2.45, 2.75) is 13.8 Å². The molecule has 0 fully saturated rings. The summed E-state index contributed by atoms with van der Waals surface area (Å²) >= 11 is 0. The number of hydrogen-bond donors (Lipinski definition) is 1. The first-order valence-electron chi connectivity index (χ1n) is 9.40. The number of carbonyl (C=O) groups is 1. The fourth-order valence-electron chi connectivity index (χ4n) is 3.00. The molecular weight excluding hydrogens is 362 g/mol. The van der Waals surface area contributed by atoms with E-state index in [1.807, 2.05) is 85.8 Å². The van der Waals surface area contributed by atoms with Crippen LogP contribution in [-0.4, -0.2) is 5.91 Å². The zero-order valence-corrected chi connectivity index (χ0v) is 16.3. The molecule has 4 nitrogen and oxygen atoms in total. The summed E-state index contributed by atoms with van der Waals surface area (Å²) in [6, 6.07) is 26.6. The number of hydrogen-bond acceptors (Lipinski definition) is 3. The second-order valence-corrected chi connectivity index (χ2v) is 6.84. The van der Waals surface area contributed by atoms with E-state index in [4.69, 9.17) is 9.15 Å². The van der Waals surface area contributed by atoms with Crippen molar-refractivity contribution in [1.82, 2.24) is 0 Å². The fourth-order valence-corrected chi connectivity index (χ4v) is 3.00. The second kappa shape index (κ2) is 8.07. The minimum absolute atomic E-state index is 0.207. The van der Waals surface area contributed by atoms with Crippen molar-refractivity contribution in [1.29, 1.82) is 0 Å². The summed E-state index contributed by atoms with van der Waals surface area (Å²) in [5.74, 6) is 2.53. The van der Waals surface area contributed by atoms with E-state index in [0.29, 0.717) is 28.5 Å². The van der Waals surface area contributed by atoms with Crippen molar-refractivity contribution in [2.24, 2.45) is 0 Å². The lowest BCUT2D eigenvalue weighted by molar-refractivity contribution is 0.102. The largest absolute Gasteiger partial charge is 0.461 e. The highest BCUT2D eigenvalue weighted by Gasteiger charge is 2.16. The van der Waals surface area contributed by atoms with Gasteiger partial charge in [-0.1, -0.05) is 48.0 Å². The maximum absolute atomic E-state index is 12.7. The van der Waals surface area contributed by atoms with Gasteiger partial charge in [-0.15, -0.1) is 0 Å². The van der Waals surface area contributed by atoms with E-state index < -0.39 is 0 Å². The van der Waals surface area contributed by atoms with Crippen LogP contribution >= 0.6 is 0 Å². The maximum Gasteiger partial charge on any atom is 0.259 e. The van der Waals surface area contributed by atoms with Crippen molar-refractivity contribution in [2.75, 3.05) is 5.32 Å². The first-order chi connectivity index (χ1) is 14.1. The normalized spacial score (nSPS) is 10.6. The minimum Gasteiger partial charge on any atom is -0.461 e. The van der Waals surface area contributed by atoms with Gasteiger partial charge in [0.1, 0.15) is 23.0 Å². The second-order valence-electron chi connectivity index (χ2n) is 6.84. The number of aryl methyl sites for hydroxylation is 2. The van der Waals surface area contributed by atoms with E-state index in [-0.39, 0.29) is 5.91 Å². The lowest BCUT2D eigenvalue weighted by Crippen LogP contribution is -2.11. The molecule has 0 radical (unpaired) electrons. The SMILES string of the molecule is Cc1ccc(-c2cc(C(=O)Nc3ccc(Oc4ccccc4)cc3)c(C)o2)cc1. The molecule has 4 aromatic rings. The van der Waals surface area contributed by atoms with Crippen molar-refractivity contribution in [3.63, 3.8) is 0 Å². The molecule has 0 aliphatic heterocycles. The number of furan rings is 1. The molecule has 1 N–H and O–H groups in total. The van der Waals surface area contributed by atoms with Crippen LogP contribution in [0.2, 0.25) is 0 Å². The number of para-hydroxylation sites is 1. The van der Waals surface area contributed by atoms with E-state index >= 15 is 0 Å². The van der Waals surface area contributed by atoms with Gasteiger partial charge < -0.3 is 14.5 Å². The molecule has 29 heavy (non-hydrogen) atoms. The van der Waals surface area contributed by atoms with Gasteiger partial charge in [0.15, 0.2) is 0 Å². The third-order valence-electron chi connectivity index (χ3n) is 4.59. The lowest BCUT2D eigenvalue weighted by Gasteiger charge is -2.07. The molecule has 0 aliphatic carbocycles. The number of anilines is 1. The molecule has 144 valence electrons. The molecule has 0 atom stereocenters. The minimum atomic E-state index is -0.207. The van der Waals surface area contributed by atoms with Crippen molar-refractivity contribution in [3.05, 3.63) is 102 Å². The van der Waals surface area contributed by atoms with E-state index in [0.717, 1.165) is 11.3 Å². The standard InChI is InChI=1S/C25H21NO3/c1-17-8-10-19(11-9-17)24-16-23(18(2)28-24)25(27)26-20-12-14-22(15-13-20)29-21-6-4-3-5-7-21/h3-16H,1-2H3,(H,26,27). The third-order valence-corrected chi connectivity index (χ3v) is 4.59. The zero-order chi connectivity index (χ0) is 20.2. The van der Waals surface area contributed by atoms with Gasteiger partial charge in [0, 0.05) is 11.3 Å². The van der Waals surface area contributed by atoms with Gasteiger partial charge in [-0.2, -0.15) is 0 Å². The van der Waals surface area contributed by atoms with Crippen molar-refractivity contribution >= 4 is 11.6 Å². The Morgan fingerprint density at radius 3 is 2.17 bits per heavy atom. The molecular formula is C25H21NO3. The molecule has 0 spiro atoms. The fraction of sp³-hybridized carbons (Fsp3) is 0.0800. The van der Waals surface area contributed by atoms with Crippen LogP contribution in [0.4, 0.5) is 5.69 Å². The summed E-state index contributed by atoms with van der Waals surface area (Å²) in [4.78, 5) is 12.7. The Morgan fingerprint density at radius 1 is 0.828 bits per heavy atom. The van der Waals surface area contributed by atoms with Gasteiger partial charge in [0.05, 0.1) is 5.56 Å². The highest BCUT2D eigenvalue weighted by Crippen LogP contribution is 2.27. The first kappa shape index (κ1) is 18.6. The number of rotatable bonds is 5. The Morgan fingerprint density at radius 2 is 1.48 bits per heavy atom. The van der Waals surface area contributed by atoms with E-state index in [1.165, 1.54) is 5.56 Å². The Labute approximate surface area is 169 Å². The van der Waals surface area contributed by atoms with Crippen LogP contribution in [0, 0.1) is 13.8 Å². The smallest absolute Gasteiger partial charge is 0.259 e. The average Bonchev–Trinajstić information content (AvgIpc) is 3.12. The molecule has 0 saturated carbocycles. The number of benzene rings is 3. The van der Waals surface area contributed by atoms with Gasteiger partial charge >= 0.3 is 0 Å². The molecule has 1 amide bonds. The van der Waals surface area contributed by atoms with Crippen LogP contribution in [0.5, 0.6) is 11.5 Å². The predicted molar refractivity (Wildman–Crippen MR) is 115 cm³/mol. The van der Waals surface area contributed by atoms with Crippen molar-refractivity contribution in [3.8, 4) is 22.8 Å². The van der Waals surface area contributed by atoms with Gasteiger partial charge in [0.2, 0.25) is 0 Å². The van der Waals surface area contributed by atoms with Gasteiger partial charge in [-0.25, -0.2) is 0 Å². The number of nitrogens with one attached hydrogen (secondary N) is 1. The molecule has 0 bridgehead atoms. The van der Waals surface area contributed by atoms with Gasteiger partial charge in [0.25, 0.3) is 5.91 Å². The average molecular weight is 383 g/mol. The quantitative estimate of drug-likeness (QED) is 0.422. The topological polar surface area (TPSA) is 51.5 Å². The van der Waals surface area contributed by atoms with Crippen LogP contribution in [-0.2, 0) is 0 Å². The summed E-state index contributed by atoms with van der Waals surface area (Å²) in [6.07, 6.45) is 0. The van der Waals surface area contributed by atoms with Gasteiger partial charge in [-0.3, -0.25) is 4.79 Å². The molecule has 4 heteroatoms. The molecule has 0 saturated heterocycles. The Bertz CT molecular complexity index is 1110. The van der Waals surface area contributed by atoms with Crippen LogP contribution in [0.25, 0.3) is 11.3 Å². The third kappa shape index (κ3) is 4.38. The Kier molecular flexibility index (Phi) is 5.16. The Hall–Kier alpha value is -3.79. The summed E-state index contributed by atoms with van der Waals surface area (Å²) in [5.41, 5.74) is 3.33. The Balaban J connectivity index is 1.46. The molecule has 1 aromatic heterocycles. The van der Waals surface area contributed by atoms with Crippen LogP contribution in [0.3, 0.4) is 0 Å². The highest BCUT2D eigenvalue weighted by molar-refractivity contribution is 6.05. The lowest BCUT2D eigenvalue weighted by atomic mass is 10.1. The highest BCUT2D eigenvalue weighted by atomic mass is 16.5. The van der Waals surface area contributed by atoms with Crippen LogP contribution in [0.15, 0.2) is 89.3 Å². The number of carbonyl (C=O) groups excluding carboxylic acids is 1. The van der Waals surface area contributed by atoms with E-state index in [1.54, 1.807) is 13.0 Å². The van der Waals surface area contributed by atoms with Crippen LogP contribution < -0.4 is 10.1 Å². The van der Waals surface area contributed by atoms with Gasteiger partial charge in [-0.05, 0) is 56.3 Å². The molecule has 1 heterocycles. The van der Waals surface area contributed by atoms with Crippen molar-refractivity contribution < 1.29 is 13.9 Å². The number of ether oxygens (including phenoxy) is 1. The molecule has 3 aromatic carbocycles. The summed E-state index contributed by atoms with van der Waals surface area (Å²) in [6.45, 7) is 3.83. The maximum atomic E-state index is 12.7. The first-order valence-corrected chi connectivity index (χ1v) is 9.40. The summed E-state index contributed by atoms with van der Waals surface area (Å²) in [5, 5.41) is 2.91. The monoisotopic (exact) mass is 383 g/mol. The zero-order valence-electron chi connectivity index (χ0n) is 16.3. The number of amides is 1. The summed E-state index contributed by atoms with van der Waals surface area (Å²) in [7, 11) is 0. The van der Waals surface area contributed by atoms with Crippen LogP contribution in [0.1, 0.15) is 21.7 Å². The van der Waals surface area contributed by atoms with E-state index in [9.17, 15) is 4.79 Å². The predicted octanol–water partition coefficient (Wildman–Crippen LogP) is 6.61. The molecule has 0 aliphatic rings. The van der Waals surface area contributed by atoms with E-state index in [2.05, 4.69) is 5.32 Å².